The fourth-order valence-corrected chi connectivity index (χ4v) is 10.7. The van der Waals surface area contributed by atoms with E-state index in [0.29, 0.717) is 25.9 Å². The van der Waals surface area contributed by atoms with Gasteiger partial charge in [0.15, 0.2) is 0 Å². The molecule has 0 heterocycles. The molecule has 0 rings (SSSR count). The summed E-state index contributed by atoms with van der Waals surface area (Å²) in [5.74, 6) is -0.0739. The number of aliphatic hydroxyl groups is 2. The van der Waals surface area contributed by atoms with Gasteiger partial charge in [-0.1, -0.05) is 326 Å². The quantitative estimate of drug-likeness (QED) is 0.0320. The minimum atomic E-state index is -0.669. The van der Waals surface area contributed by atoms with Gasteiger partial charge in [-0.05, 0) is 70.6 Å². The second-order valence-electron chi connectivity index (χ2n) is 23.5. The van der Waals surface area contributed by atoms with Crippen LogP contribution in [0.15, 0.2) is 36.5 Å². The van der Waals surface area contributed by atoms with E-state index in [1.807, 2.05) is 0 Å². The number of carbonyl (C=O) groups is 2. The molecule has 0 aliphatic carbocycles. The molecule has 2 unspecified atom stereocenters. The molecule has 0 saturated carbocycles. The topological polar surface area (TPSA) is 95.9 Å². The summed E-state index contributed by atoms with van der Waals surface area (Å²) < 4.78 is 5.43. The van der Waals surface area contributed by atoms with Gasteiger partial charge in [0, 0.05) is 12.8 Å². The number of aliphatic hydroxyl groups excluding tert-OH is 2. The lowest BCUT2D eigenvalue weighted by molar-refractivity contribution is -0.143. The van der Waals surface area contributed by atoms with Crippen molar-refractivity contribution in [3.05, 3.63) is 36.5 Å². The van der Waals surface area contributed by atoms with Gasteiger partial charge in [0.25, 0.3) is 0 Å². The van der Waals surface area contributed by atoms with Crippen LogP contribution in [0.25, 0.3) is 0 Å². The Morgan fingerprint density at radius 2 is 0.658 bits per heavy atom. The lowest BCUT2D eigenvalue weighted by Crippen LogP contribution is -2.45. The van der Waals surface area contributed by atoms with Crippen molar-refractivity contribution in [1.82, 2.24) is 5.32 Å². The average Bonchev–Trinajstić information content (AvgIpc) is 3.42. The maximum atomic E-state index is 12.5. The van der Waals surface area contributed by atoms with Crippen LogP contribution in [0.2, 0.25) is 0 Å². The van der Waals surface area contributed by atoms with Crippen molar-refractivity contribution in [2.24, 2.45) is 0 Å². The van der Waals surface area contributed by atoms with E-state index >= 15 is 0 Å². The average molecular weight is 1070 g/mol. The molecule has 76 heavy (non-hydrogen) atoms. The van der Waals surface area contributed by atoms with Crippen LogP contribution in [0.1, 0.15) is 373 Å². The largest absolute Gasteiger partial charge is 0.465 e. The smallest absolute Gasteiger partial charge is 0.305 e. The zero-order chi connectivity index (χ0) is 55.0. The van der Waals surface area contributed by atoms with Crippen LogP contribution < -0.4 is 5.32 Å². The molecule has 0 aliphatic rings. The monoisotopic (exact) mass is 1070 g/mol. The summed E-state index contributed by atoms with van der Waals surface area (Å²) in [5.41, 5.74) is 0. The van der Waals surface area contributed by atoms with E-state index in [0.717, 1.165) is 51.4 Å². The van der Waals surface area contributed by atoms with Crippen molar-refractivity contribution < 1.29 is 24.5 Å². The van der Waals surface area contributed by atoms with Crippen LogP contribution in [0.3, 0.4) is 0 Å². The van der Waals surface area contributed by atoms with Crippen LogP contribution >= 0.6 is 0 Å². The molecule has 3 N–H and O–H groups in total. The van der Waals surface area contributed by atoms with E-state index < -0.39 is 12.1 Å². The molecule has 0 spiro atoms. The molecular formula is C70H133NO5. The fraction of sp³-hybridized carbons (Fsp3) is 0.886. The van der Waals surface area contributed by atoms with Crippen molar-refractivity contribution in [3.8, 4) is 0 Å². The fourth-order valence-electron chi connectivity index (χ4n) is 10.7. The highest BCUT2D eigenvalue weighted by Gasteiger charge is 2.20. The first-order chi connectivity index (χ1) is 37.5. The van der Waals surface area contributed by atoms with E-state index in [2.05, 4.69) is 55.6 Å². The summed E-state index contributed by atoms with van der Waals surface area (Å²) in [5, 5.41) is 23.4. The summed E-state index contributed by atoms with van der Waals surface area (Å²) in [7, 11) is 0. The zero-order valence-electron chi connectivity index (χ0n) is 51.3. The number of unbranched alkanes of at least 4 members (excludes halogenated alkanes) is 47. The van der Waals surface area contributed by atoms with E-state index in [1.54, 1.807) is 0 Å². The summed E-state index contributed by atoms with van der Waals surface area (Å²) >= 11 is 0. The number of rotatable bonds is 64. The third-order valence-corrected chi connectivity index (χ3v) is 15.9. The minimum Gasteiger partial charge on any atom is -0.465 e. The number of ether oxygens (including phenoxy) is 1. The molecule has 0 aromatic rings. The Kier molecular flexibility index (Phi) is 63.9. The Hall–Kier alpha value is -1.92. The predicted molar refractivity (Wildman–Crippen MR) is 333 cm³/mol. The molecule has 0 aliphatic heterocycles. The highest BCUT2D eigenvalue weighted by atomic mass is 16.5. The molecule has 0 saturated heterocycles. The van der Waals surface area contributed by atoms with Gasteiger partial charge in [0.2, 0.25) is 5.91 Å². The van der Waals surface area contributed by atoms with Gasteiger partial charge in [-0.2, -0.15) is 0 Å². The van der Waals surface area contributed by atoms with Crippen LogP contribution in [0, 0.1) is 0 Å². The molecule has 6 nitrogen and oxygen atoms in total. The molecular weight excluding hydrogens is 935 g/mol. The van der Waals surface area contributed by atoms with Crippen LogP contribution in [-0.4, -0.2) is 47.4 Å². The summed E-state index contributed by atoms with van der Waals surface area (Å²) in [6.45, 7) is 4.87. The Balaban J connectivity index is 3.44. The summed E-state index contributed by atoms with van der Waals surface area (Å²) in [6, 6.07) is -0.547. The number of carbonyl (C=O) groups excluding carboxylic acids is 2. The van der Waals surface area contributed by atoms with Gasteiger partial charge in [-0.3, -0.25) is 9.59 Å². The SMILES string of the molecule is CCCCCCCCC/C=C\CCCCCCCCCC(=O)OCC/C=C\C/C=C\CCCCCCCCCCCCCCCCC(=O)NC(CO)C(O)CCCCCCCCCCCCCCCCCCCCCC. The van der Waals surface area contributed by atoms with Crippen molar-refractivity contribution in [1.29, 1.82) is 0 Å². The number of allylic oxidation sites excluding steroid dienone is 5. The number of hydrogen-bond acceptors (Lipinski definition) is 5. The van der Waals surface area contributed by atoms with Crippen molar-refractivity contribution >= 4 is 11.9 Å². The number of amides is 1. The summed E-state index contributed by atoms with van der Waals surface area (Å²) in [4.78, 5) is 24.6. The van der Waals surface area contributed by atoms with Crippen molar-refractivity contribution in [3.63, 3.8) is 0 Å². The number of hydrogen-bond donors (Lipinski definition) is 3. The number of esters is 1. The van der Waals surface area contributed by atoms with Crippen molar-refractivity contribution in [2.45, 2.75) is 386 Å². The van der Waals surface area contributed by atoms with Gasteiger partial charge in [0.1, 0.15) is 0 Å². The van der Waals surface area contributed by atoms with E-state index in [-0.39, 0.29) is 18.5 Å². The molecule has 0 fully saturated rings. The molecule has 6 heteroatoms. The van der Waals surface area contributed by atoms with E-state index in [4.69, 9.17) is 4.74 Å². The summed E-state index contributed by atoms with van der Waals surface area (Å²) in [6.07, 6.45) is 83.3. The highest BCUT2D eigenvalue weighted by molar-refractivity contribution is 5.76. The van der Waals surface area contributed by atoms with Crippen LogP contribution in [0.4, 0.5) is 0 Å². The second kappa shape index (κ2) is 65.6. The molecule has 0 aromatic heterocycles. The Bertz CT molecular complexity index is 1230. The molecule has 448 valence electrons. The zero-order valence-corrected chi connectivity index (χ0v) is 51.3. The van der Waals surface area contributed by atoms with Gasteiger partial charge in [-0.15, -0.1) is 0 Å². The van der Waals surface area contributed by atoms with Gasteiger partial charge >= 0.3 is 5.97 Å². The first-order valence-electron chi connectivity index (χ1n) is 34.2. The highest BCUT2D eigenvalue weighted by Crippen LogP contribution is 2.18. The lowest BCUT2D eigenvalue weighted by Gasteiger charge is -2.22. The molecule has 0 aromatic carbocycles. The minimum absolute atomic E-state index is 0.0365. The maximum absolute atomic E-state index is 12.5. The van der Waals surface area contributed by atoms with Crippen LogP contribution in [-0.2, 0) is 14.3 Å². The lowest BCUT2D eigenvalue weighted by atomic mass is 10.0. The molecule has 0 radical (unpaired) electrons. The van der Waals surface area contributed by atoms with Crippen LogP contribution in [0.5, 0.6) is 0 Å². The second-order valence-corrected chi connectivity index (χ2v) is 23.5. The third kappa shape index (κ3) is 61.3. The standard InChI is InChI=1S/C70H133NO5/c1-3-5-7-9-11-13-15-17-19-21-23-27-30-34-38-42-46-50-54-58-62-68(73)67(66-72)71-69(74)63-59-55-51-47-43-39-35-31-28-25-24-26-29-33-37-41-45-49-53-57-61-65-76-70(75)64-60-56-52-48-44-40-36-32-22-20-18-16-14-12-10-8-6-4-2/h20,22,41,45,53,57,67-68,72-73H,3-19,21,23-40,42-44,46-52,54-56,58-66H2,1-2H3,(H,71,74)/b22-20-,45-41-,57-53-. The molecule has 0 bridgehead atoms. The normalized spacial score (nSPS) is 12.7. The van der Waals surface area contributed by atoms with E-state index in [9.17, 15) is 19.8 Å². The van der Waals surface area contributed by atoms with Gasteiger partial charge < -0.3 is 20.3 Å². The molecule has 1 amide bonds. The molecule has 2 atom stereocenters. The first kappa shape index (κ1) is 74.1. The third-order valence-electron chi connectivity index (χ3n) is 15.9. The number of nitrogens with one attached hydrogen (secondary N) is 1. The Labute approximate surface area is 474 Å². The Morgan fingerprint density at radius 1 is 0.368 bits per heavy atom. The predicted octanol–water partition coefficient (Wildman–Crippen LogP) is 21.9. The van der Waals surface area contributed by atoms with Gasteiger partial charge in [-0.25, -0.2) is 0 Å². The maximum Gasteiger partial charge on any atom is 0.305 e. The Morgan fingerprint density at radius 3 is 1.01 bits per heavy atom. The van der Waals surface area contributed by atoms with Crippen molar-refractivity contribution in [2.75, 3.05) is 13.2 Å². The first-order valence-corrected chi connectivity index (χ1v) is 34.2. The van der Waals surface area contributed by atoms with Gasteiger partial charge in [0.05, 0.1) is 25.4 Å². The van der Waals surface area contributed by atoms with E-state index in [1.165, 1.54) is 289 Å².